The van der Waals surface area contributed by atoms with Crippen molar-refractivity contribution in [2.24, 2.45) is 0 Å². The Labute approximate surface area is 171 Å². The van der Waals surface area contributed by atoms with Crippen molar-refractivity contribution >= 4 is 57.0 Å². The van der Waals surface area contributed by atoms with Crippen molar-refractivity contribution in [2.75, 3.05) is 13.1 Å². The van der Waals surface area contributed by atoms with Crippen molar-refractivity contribution in [3.05, 3.63) is 47.7 Å². The molecule has 2 amide bonds. The van der Waals surface area contributed by atoms with E-state index < -0.39 is 11.8 Å². The number of hydrogen-bond acceptors (Lipinski definition) is 6. The number of fused-ring (bicyclic) bond motifs is 1. The Morgan fingerprint density at radius 2 is 1.75 bits per heavy atom. The summed E-state index contributed by atoms with van der Waals surface area (Å²) in [6.07, 6.45) is 1.48. The summed E-state index contributed by atoms with van der Waals surface area (Å²) < 4.78 is 6.64. The van der Waals surface area contributed by atoms with Gasteiger partial charge in [-0.25, -0.2) is 4.98 Å². The minimum absolute atomic E-state index is 0.0435. The maximum Gasteiger partial charge on any atom is 0.265 e. The normalized spacial score (nSPS) is 15.1. The van der Waals surface area contributed by atoms with E-state index in [1.165, 1.54) is 27.2 Å². The number of carbonyl (C=O) groups excluding carboxylic acids is 2. The summed E-state index contributed by atoms with van der Waals surface area (Å²) in [7, 11) is 0. The molecule has 0 bridgehead atoms. The van der Waals surface area contributed by atoms with Gasteiger partial charge < -0.3 is 4.42 Å². The molecule has 2 aromatic heterocycles. The quantitative estimate of drug-likeness (QED) is 0.370. The van der Waals surface area contributed by atoms with Gasteiger partial charge in [-0.3, -0.25) is 19.4 Å². The molecule has 0 radical (unpaired) electrons. The van der Waals surface area contributed by atoms with Gasteiger partial charge in [0.15, 0.2) is 5.11 Å². The van der Waals surface area contributed by atoms with E-state index in [1.54, 1.807) is 6.07 Å². The standard InChI is InChI=1S/C20H17N3O3S2/c1-3-22-18(24)14(19(25)23(4-2)20(22)27)10-13-11-15-16(26-13)21-17(28-15)12-8-6-5-7-9-12/h5-11H,3-4H2,1-2H3. The molecule has 1 fully saturated rings. The summed E-state index contributed by atoms with van der Waals surface area (Å²) >= 11 is 6.77. The molecule has 0 spiro atoms. The molecule has 1 aliphatic rings. The first-order chi connectivity index (χ1) is 13.5. The highest BCUT2D eigenvalue weighted by Crippen LogP contribution is 2.33. The number of likely N-dealkylation sites (N-methyl/N-ethyl adjacent to an activating group) is 2. The molecule has 6 nitrogen and oxygen atoms in total. The van der Waals surface area contributed by atoms with Crippen molar-refractivity contribution < 1.29 is 14.0 Å². The molecule has 3 aromatic rings. The average Bonchev–Trinajstić information content (AvgIpc) is 3.25. The van der Waals surface area contributed by atoms with Gasteiger partial charge in [-0.2, -0.15) is 0 Å². The minimum Gasteiger partial charge on any atom is -0.437 e. The highest BCUT2D eigenvalue weighted by atomic mass is 32.1. The molecule has 0 saturated carbocycles. The van der Waals surface area contributed by atoms with E-state index in [-0.39, 0.29) is 10.7 Å². The van der Waals surface area contributed by atoms with Crippen molar-refractivity contribution in [1.29, 1.82) is 0 Å². The fourth-order valence-electron chi connectivity index (χ4n) is 3.05. The van der Waals surface area contributed by atoms with Crippen LogP contribution in [-0.4, -0.2) is 44.8 Å². The first-order valence-electron chi connectivity index (χ1n) is 8.88. The lowest BCUT2D eigenvalue weighted by atomic mass is 10.1. The van der Waals surface area contributed by atoms with E-state index in [4.69, 9.17) is 16.6 Å². The van der Waals surface area contributed by atoms with E-state index in [9.17, 15) is 9.59 Å². The maximum atomic E-state index is 12.7. The summed E-state index contributed by atoms with van der Waals surface area (Å²) in [5, 5.41) is 1.10. The minimum atomic E-state index is -0.403. The molecular weight excluding hydrogens is 394 g/mol. The Bertz CT molecular complexity index is 1050. The first kappa shape index (κ1) is 18.5. The number of furan rings is 1. The Kier molecular flexibility index (Phi) is 4.82. The molecule has 0 N–H and O–H groups in total. The number of amides is 2. The smallest absolute Gasteiger partial charge is 0.265 e. The van der Waals surface area contributed by atoms with Gasteiger partial charge in [-0.15, -0.1) is 11.3 Å². The number of benzene rings is 1. The van der Waals surface area contributed by atoms with E-state index in [2.05, 4.69) is 4.98 Å². The molecule has 1 saturated heterocycles. The fraction of sp³-hybridized carbons (Fsp3) is 0.200. The molecular formula is C20H17N3O3S2. The number of hydrogen-bond donors (Lipinski definition) is 0. The zero-order chi connectivity index (χ0) is 19.8. The number of thiazole rings is 1. The molecule has 142 valence electrons. The predicted molar refractivity (Wildman–Crippen MR) is 113 cm³/mol. The topological polar surface area (TPSA) is 66.7 Å². The average molecular weight is 412 g/mol. The Morgan fingerprint density at radius 3 is 2.32 bits per heavy atom. The lowest BCUT2D eigenvalue weighted by Crippen LogP contribution is -2.55. The van der Waals surface area contributed by atoms with Gasteiger partial charge in [-0.05, 0) is 32.1 Å². The van der Waals surface area contributed by atoms with Crippen molar-refractivity contribution in [3.8, 4) is 10.6 Å². The summed E-state index contributed by atoms with van der Waals surface area (Å²) in [6, 6.07) is 11.6. The van der Waals surface area contributed by atoms with E-state index in [0.29, 0.717) is 24.6 Å². The molecule has 1 aromatic carbocycles. The van der Waals surface area contributed by atoms with Gasteiger partial charge in [-0.1, -0.05) is 30.3 Å². The van der Waals surface area contributed by atoms with E-state index in [0.717, 1.165) is 15.3 Å². The van der Waals surface area contributed by atoms with Crippen molar-refractivity contribution in [3.63, 3.8) is 0 Å². The van der Waals surface area contributed by atoms with Gasteiger partial charge in [0.25, 0.3) is 11.8 Å². The molecule has 0 unspecified atom stereocenters. The molecule has 4 rings (SSSR count). The number of nitrogens with zero attached hydrogens (tertiary/aromatic N) is 3. The van der Waals surface area contributed by atoms with Gasteiger partial charge in [0.2, 0.25) is 5.71 Å². The van der Waals surface area contributed by atoms with Crippen LogP contribution in [0.4, 0.5) is 0 Å². The Hall–Kier alpha value is -2.84. The second kappa shape index (κ2) is 7.29. The second-order valence-electron chi connectivity index (χ2n) is 6.14. The van der Waals surface area contributed by atoms with Crippen molar-refractivity contribution in [2.45, 2.75) is 13.8 Å². The molecule has 1 aliphatic heterocycles. The van der Waals surface area contributed by atoms with E-state index in [1.807, 2.05) is 44.2 Å². The number of aromatic nitrogens is 1. The van der Waals surface area contributed by atoms with Crippen LogP contribution in [0.3, 0.4) is 0 Å². The Balaban J connectivity index is 1.70. The summed E-state index contributed by atoms with van der Waals surface area (Å²) in [5.74, 6) is -0.384. The summed E-state index contributed by atoms with van der Waals surface area (Å²) in [5.41, 5.74) is 1.55. The van der Waals surface area contributed by atoms with Crippen LogP contribution in [-0.2, 0) is 9.59 Å². The lowest BCUT2D eigenvalue weighted by Gasteiger charge is -2.35. The van der Waals surface area contributed by atoms with Gasteiger partial charge in [0.1, 0.15) is 16.3 Å². The van der Waals surface area contributed by atoms with Crippen LogP contribution in [0, 0.1) is 0 Å². The monoisotopic (exact) mass is 411 g/mol. The Morgan fingerprint density at radius 1 is 1.11 bits per heavy atom. The highest BCUT2D eigenvalue weighted by Gasteiger charge is 2.38. The predicted octanol–water partition coefficient (Wildman–Crippen LogP) is 3.94. The number of thiocarbonyl (C=S) groups is 1. The molecule has 3 heterocycles. The zero-order valence-corrected chi connectivity index (χ0v) is 17.0. The SMILES string of the molecule is CCN1C(=O)C(=Cc2cc3sc(-c4ccccc4)nc3o2)C(=O)N(CC)C1=S. The third-order valence-corrected chi connectivity index (χ3v) is 5.93. The van der Waals surface area contributed by atoms with E-state index >= 15 is 0 Å². The fourth-order valence-corrected chi connectivity index (χ4v) is 4.42. The van der Waals surface area contributed by atoms with Gasteiger partial charge in [0.05, 0.1) is 4.70 Å². The lowest BCUT2D eigenvalue weighted by molar-refractivity contribution is -0.133. The molecule has 0 aliphatic carbocycles. The number of carbonyl (C=O) groups is 2. The van der Waals surface area contributed by atoms with Crippen LogP contribution < -0.4 is 0 Å². The van der Waals surface area contributed by atoms with Crippen molar-refractivity contribution in [1.82, 2.24) is 14.8 Å². The van der Waals surface area contributed by atoms with Crippen LogP contribution in [0.5, 0.6) is 0 Å². The molecule has 28 heavy (non-hydrogen) atoms. The number of rotatable bonds is 4. The molecule has 0 atom stereocenters. The maximum absolute atomic E-state index is 12.7. The largest absolute Gasteiger partial charge is 0.437 e. The van der Waals surface area contributed by atoms with Crippen LogP contribution in [0.25, 0.3) is 27.1 Å². The third-order valence-electron chi connectivity index (χ3n) is 4.46. The molecule has 8 heteroatoms. The van der Waals surface area contributed by atoms with Crippen LogP contribution >= 0.6 is 23.6 Å². The zero-order valence-electron chi connectivity index (χ0n) is 15.3. The highest BCUT2D eigenvalue weighted by molar-refractivity contribution is 7.80. The van der Waals surface area contributed by atoms with Crippen LogP contribution in [0.15, 0.2) is 46.4 Å². The van der Waals surface area contributed by atoms with Crippen LogP contribution in [0.2, 0.25) is 0 Å². The van der Waals surface area contributed by atoms with Crippen LogP contribution in [0.1, 0.15) is 19.6 Å². The first-order valence-corrected chi connectivity index (χ1v) is 10.1. The second-order valence-corrected chi connectivity index (χ2v) is 7.54. The summed E-state index contributed by atoms with van der Waals surface area (Å²) in [6.45, 7) is 4.44. The summed E-state index contributed by atoms with van der Waals surface area (Å²) in [4.78, 5) is 32.8. The third kappa shape index (κ3) is 3.04. The van der Waals surface area contributed by atoms with Gasteiger partial charge >= 0.3 is 0 Å². The van der Waals surface area contributed by atoms with Gasteiger partial charge in [0, 0.05) is 24.7 Å².